The standard InChI is InChI=1S/C21H29ClN6O3/c1-21(2,3)31-20(30)27-16-7-5-4-6-15(16)24-11-19(29)26-17-10-14(22)8-9-18(17)28-13-23-12-25-28/h8-10,12-13,15-16,24H,4-7,11H2,1-3H3,(H,26,29)(H,27,30)/t15-,16-/m1/s1. The van der Waals surface area contributed by atoms with Gasteiger partial charge in [-0.2, -0.15) is 5.10 Å². The highest BCUT2D eigenvalue weighted by Gasteiger charge is 2.28. The fourth-order valence-electron chi connectivity index (χ4n) is 3.57. The predicted octanol–water partition coefficient (Wildman–Crippen LogP) is 3.28. The number of hydrogen-bond donors (Lipinski definition) is 3. The van der Waals surface area contributed by atoms with Gasteiger partial charge in [-0.3, -0.25) is 4.79 Å². The second-order valence-corrected chi connectivity index (χ2v) is 9.01. The van der Waals surface area contributed by atoms with Crippen molar-refractivity contribution in [2.75, 3.05) is 11.9 Å². The summed E-state index contributed by atoms with van der Waals surface area (Å²) in [6, 6.07) is 5.06. The van der Waals surface area contributed by atoms with Crippen molar-refractivity contribution in [3.63, 3.8) is 0 Å². The molecular weight excluding hydrogens is 420 g/mol. The summed E-state index contributed by atoms with van der Waals surface area (Å²) in [5.41, 5.74) is 0.648. The summed E-state index contributed by atoms with van der Waals surface area (Å²) in [6.45, 7) is 5.59. The highest BCUT2D eigenvalue weighted by Crippen LogP contribution is 2.24. The van der Waals surface area contributed by atoms with Crippen molar-refractivity contribution in [2.24, 2.45) is 0 Å². The van der Waals surface area contributed by atoms with Crippen LogP contribution in [0.3, 0.4) is 0 Å². The van der Waals surface area contributed by atoms with Gasteiger partial charge in [0.2, 0.25) is 5.91 Å². The second-order valence-electron chi connectivity index (χ2n) is 8.57. The SMILES string of the molecule is CC(C)(C)OC(=O)N[C@@H]1CCCC[C@H]1NCC(=O)Nc1cc(Cl)ccc1-n1cncn1. The van der Waals surface area contributed by atoms with Crippen molar-refractivity contribution in [1.29, 1.82) is 0 Å². The summed E-state index contributed by atoms with van der Waals surface area (Å²) in [6.07, 6.45) is 6.30. The number of anilines is 1. The van der Waals surface area contributed by atoms with E-state index < -0.39 is 11.7 Å². The Morgan fingerprint density at radius 3 is 2.65 bits per heavy atom. The summed E-state index contributed by atoms with van der Waals surface area (Å²) in [4.78, 5) is 28.7. The smallest absolute Gasteiger partial charge is 0.407 e. The minimum atomic E-state index is -0.555. The van der Waals surface area contributed by atoms with Crippen LogP contribution in [0.4, 0.5) is 10.5 Å². The molecule has 0 saturated heterocycles. The average molecular weight is 449 g/mol. The number of nitrogens with zero attached hydrogens (tertiary/aromatic N) is 3. The van der Waals surface area contributed by atoms with Crippen LogP contribution in [-0.4, -0.2) is 51.0 Å². The molecule has 2 amide bonds. The minimum absolute atomic E-state index is 0.0128. The van der Waals surface area contributed by atoms with Crippen LogP contribution in [0.2, 0.25) is 5.02 Å². The minimum Gasteiger partial charge on any atom is -0.444 e. The molecule has 0 unspecified atom stereocenters. The Morgan fingerprint density at radius 1 is 1.23 bits per heavy atom. The number of amides is 2. The van der Waals surface area contributed by atoms with Crippen LogP contribution in [-0.2, 0) is 9.53 Å². The van der Waals surface area contributed by atoms with Crippen LogP contribution >= 0.6 is 11.6 Å². The third-order valence-electron chi connectivity index (χ3n) is 4.89. The molecule has 10 heteroatoms. The van der Waals surface area contributed by atoms with Crippen molar-refractivity contribution in [3.05, 3.63) is 35.9 Å². The number of halogens is 1. The third-order valence-corrected chi connectivity index (χ3v) is 5.13. The van der Waals surface area contributed by atoms with Crippen molar-refractivity contribution in [2.45, 2.75) is 64.1 Å². The van der Waals surface area contributed by atoms with Gasteiger partial charge in [-0.15, -0.1) is 0 Å². The van der Waals surface area contributed by atoms with Crippen LogP contribution in [0.15, 0.2) is 30.9 Å². The zero-order valence-electron chi connectivity index (χ0n) is 18.0. The fraction of sp³-hybridized carbons (Fsp3) is 0.524. The Balaban J connectivity index is 1.58. The predicted molar refractivity (Wildman–Crippen MR) is 118 cm³/mol. The number of carbonyl (C=O) groups is 2. The molecule has 1 saturated carbocycles. The second kappa shape index (κ2) is 10.1. The first-order valence-electron chi connectivity index (χ1n) is 10.4. The fourth-order valence-corrected chi connectivity index (χ4v) is 3.74. The average Bonchev–Trinajstić information content (AvgIpc) is 3.20. The molecule has 0 aliphatic heterocycles. The molecule has 1 heterocycles. The summed E-state index contributed by atoms with van der Waals surface area (Å²) < 4.78 is 6.93. The normalized spacial score (nSPS) is 19.0. The topological polar surface area (TPSA) is 110 Å². The van der Waals surface area contributed by atoms with Gasteiger partial charge in [0.25, 0.3) is 0 Å². The maximum absolute atomic E-state index is 12.6. The van der Waals surface area contributed by atoms with Gasteiger partial charge in [0.05, 0.1) is 17.9 Å². The molecule has 1 aromatic carbocycles. The molecule has 9 nitrogen and oxygen atoms in total. The van der Waals surface area contributed by atoms with Crippen molar-refractivity contribution >= 4 is 29.3 Å². The van der Waals surface area contributed by atoms with E-state index in [1.54, 1.807) is 29.2 Å². The molecule has 31 heavy (non-hydrogen) atoms. The first-order valence-corrected chi connectivity index (χ1v) is 10.8. The molecule has 1 aliphatic carbocycles. The number of rotatable bonds is 6. The van der Waals surface area contributed by atoms with E-state index in [-0.39, 0.29) is 24.5 Å². The molecule has 2 aromatic rings. The van der Waals surface area contributed by atoms with E-state index >= 15 is 0 Å². The molecule has 2 atom stereocenters. The molecular formula is C21H29ClN6O3. The number of carbonyl (C=O) groups excluding carboxylic acids is 2. The third kappa shape index (κ3) is 6.93. The quantitative estimate of drug-likeness (QED) is 0.625. The molecule has 0 radical (unpaired) electrons. The first kappa shape index (κ1) is 23.0. The molecule has 3 rings (SSSR count). The molecule has 3 N–H and O–H groups in total. The van der Waals surface area contributed by atoms with Crippen LogP contribution in [0, 0.1) is 0 Å². The highest BCUT2D eigenvalue weighted by atomic mass is 35.5. The van der Waals surface area contributed by atoms with E-state index in [4.69, 9.17) is 16.3 Å². The van der Waals surface area contributed by atoms with Gasteiger partial charge in [0, 0.05) is 17.1 Å². The lowest BCUT2D eigenvalue weighted by Gasteiger charge is -2.33. The van der Waals surface area contributed by atoms with Crippen molar-refractivity contribution in [3.8, 4) is 5.69 Å². The zero-order valence-corrected chi connectivity index (χ0v) is 18.8. The van der Waals surface area contributed by atoms with Gasteiger partial charge in [0.15, 0.2) is 0 Å². The molecule has 1 aromatic heterocycles. The van der Waals surface area contributed by atoms with Crippen LogP contribution in [0.25, 0.3) is 5.69 Å². The van der Waals surface area contributed by atoms with E-state index in [9.17, 15) is 9.59 Å². The maximum Gasteiger partial charge on any atom is 0.407 e. The van der Waals surface area contributed by atoms with E-state index in [0.717, 1.165) is 25.7 Å². The van der Waals surface area contributed by atoms with Gasteiger partial charge in [-0.25, -0.2) is 14.5 Å². The van der Waals surface area contributed by atoms with Crippen molar-refractivity contribution < 1.29 is 14.3 Å². The molecule has 1 aliphatic rings. The largest absolute Gasteiger partial charge is 0.444 e. The maximum atomic E-state index is 12.6. The van der Waals surface area contributed by atoms with Gasteiger partial charge >= 0.3 is 6.09 Å². The zero-order chi connectivity index (χ0) is 22.4. The number of alkyl carbamates (subject to hydrolysis) is 1. The Labute approximate surface area is 186 Å². The van der Waals surface area contributed by atoms with E-state index in [1.807, 2.05) is 20.8 Å². The van der Waals surface area contributed by atoms with Gasteiger partial charge in [-0.05, 0) is 51.8 Å². The molecule has 168 valence electrons. The summed E-state index contributed by atoms with van der Waals surface area (Å²) in [7, 11) is 0. The number of ether oxygens (including phenoxy) is 1. The summed E-state index contributed by atoms with van der Waals surface area (Å²) in [5, 5.41) is 13.7. The Morgan fingerprint density at radius 2 is 1.97 bits per heavy atom. The lowest BCUT2D eigenvalue weighted by molar-refractivity contribution is -0.115. The molecule has 1 fully saturated rings. The highest BCUT2D eigenvalue weighted by molar-refractivity contribution is 6.31. The Kier molecular flexibility index (Phi) is 7.50. The lowest BCUT2D eigenvalue weighted by atomic mass is 9.90. The van der Waals surface area contributed by atoms with Crippen LogP contribution in [0.5, 0.6) is 0 Å². The van der Waals surface area contributed by atoms with E-state index in [1.165, 1.54) is 6.33 Å². The lowest BCUT2D eigenvalue weighted by Crippen LogP contribution is -2.53. The number of aromatic nitrogens is 3. The van der Waals surface area contributed by atoms with E-state index in [2.05, 4.69) is 26.0 Å². The molecule has 0 bridgehead atoms. The summed E-state index contributed by atoms with van der Waals surface area (Å²) in [5.74, 6) is -0.217. The van der Waals surface area contributed by atoms with Gasteiger partial charge in [-0.1, -0.05) is 24.4 Å². The monoisotopic (exact) mass is 448 g/mol. The molecule has 0 spiro atoms. The van der Waals surface area contributed by atoms with Crippen LogP contribution < -0.4 is 16.0 Å². The van der Waals surface area contributed by atoms with Crippen molar-refractivity contribution in [1.82, 2.24) is 25.4 Å². The summed E-state index contributed by atoms with van der Waals surface area (Å²) >= 11 is 6.11. The Hall–Kier alpha value is -2.65. The first-order chi connectivity index (χ1) is 14.7. The number of benzene rings is 1. The Bertz CT molecular complexity index is 897. The van der Waals surface area contributed by atoms with Gasteiger partial charge in [0.1, 0.15) is 18.3 Å². The van der Waals surface area contributed by atoms with E-state index in [0.29, 0.717) is 16.4 Å². The van der Waals surface area contributed by atoms with Gasteiger partial charge < -0.3 is 20.7 Å². The number of hydrogen-bond acceptors (Lipinski definition) is 6. The van der Waals surface area contributed by atoms with Crippen LogP contribution in [0.1, 0.15) is 46.5 Å². The number of nitrogens with one attached hydrogen (secondary N) is 3.